The lowest BCUT2D eigenvalue weighted by molar-refractivity contribution is 0.0790. The van der Waals surface area contributed by atoms with Crippen molar-refractivity contribution in [3.8, 4) is 17.2 Å². The van der Waals surface area contributed by atoms with Crippen molar-refractivity contribution >= 4 is 55.9 Å². The SMILES string of the molecule is C/C=C/C=C/c1cc2c(Br)c3c(c(O)c2c(=O)[nH]1)[C@@]1(CC3)C(=O)c2c(O)c3c(c(O)c2C1=O)C(=O)C(NC1CC1)=CC3=O. The van der Waals surface area contributed by atoms with Crippen LogP contribution in [0.15, 0.2) is 45.3 Å². The number of aromatic amines is 1. The maximum absolute atomic E-state index is 14.2. The number of benzene rings is 2. The molecule has 4 aliphatic rings. The van der Waals surface area contributed by atoms with Crippen molar-refractivity contribution in [2.24, 2.45) is 0 Å². The molecule has 1 heterocycles. The quantitative estimate of drug-likeness (QED) is 0.158. The number of hydrogen-bond acceptors (Lipinski definition) is 9. The molecular formula is C32H23BrN2O8. The van der Waals surface area contributed by atoms with Gasteiger partial charge in [-0.1, -0.05) is 18.2 Å². The summed E-state index contributed by atoms with van der Waals surface area (Å²) in [7, 11) is 0. The second kappa shape index (κ2) is 9.11. The van der Waals surface area contributed by atoms with Crippen molar-refractivity contribution < 1.29 is 34.5 Å². The van der Waals surface area contributed by atoms with Gasteiger partial charge in [0, 0.05) is 33.2 Å². The Labute approximate surface area is 251 Å². The van der Waals surface area contributed by atoms with Gasteiger partial charge in [-0.2, -0.15) is 0 Å². The molecule has 0 aliphatic heterocycles. The third-order valence-electron chi connectivity index (χ3n) is 8.69. The van der Waals surface area contributed by atoms with E-state index in [0.717, 1.165) is 18.9 Å². The Kier molecular flexibility index (Phi) is 5.74. The molecule has 10 nitrogen and oxygen atoms in total. The van der Waals surface area contributed by atoms with E-state index in [1.54, 1.807) is 24.3 Å². The summed E-state index contributed by atoms with van der Waals surface area (Å²) in [6.07, 6.45) is 9.61. The number of phenolic OH excluding ortho intramolecular Hbond substituents is 3. The van der Waals surface area contributed by atoms with E-state index in [9.17, 15) is 39.3 Å². The second-order valence-electron chi connectivity index (χ2n) is 11.2. The first-order valence-corrected chi connectivity index (χ1v) is 14.5. The number of hydrogen-bond donors (Lipinski definition) is 5. The molecule has 2 aromatic carbocycles. The largest absolute Gasteiger partial charge is 0.507 e. The van der Waals surface area contributed by atoms with Gasteiger partial charge >= 0.3 is 0 Å². The zero-order chi connectivity index (χ0) is 30.5. The average Bonchev–Trinajstić information content (AvgIpc) is 3.64. The van der Waals surface area contributed by atoms with Gasteiger partial charge in [0.15, 0.2) is 17.3 Å². The highest BCUT2D eigenvalue weighted by Gasteiger charge is 2.62. The summed E-state index contributed by atoms with van der Waals surface area (Å²) in [6, 6.07) is 1.65. The van der Waals surface area contributed by atoms with E-state index >= 15 is 0 Å². The van der Waals surface area contributed by atoms with Crippen LogP contribution in [0.4, 0.5) is 0 Å². The number of carbonyl (C=O) groups is 4. The molecule has 1 atom stereocenters. The minimum Gasteiger partial charge on any atom is -0.507 e. The number of phenols is 3. The number of halogens is 1. The molecular weight excluding hydrogens is 620 g/mol. The van der Waals surface area contributed by atoms with E-state index < -0.39 is 73.6 Å². The molecule has 3 aromatic rings. The van der Waals surface area contributed by atoms with E-state index in [4.69, 9.17) is 0 Å². The van der Waals surface area contributed by atoms with E-state index in [-0.39, 0.29) is 35.5 Å². The summed E-state index contributed by atoms with van der Waals surface area (Å²) in [5.41, 5.74) is -4.33. The molecule has 1 saturated carbocycles. The Bertz CT molecular complexity index is 2060. The highest BCUT2D eigenvalue weighted by molar-refractivity contribution is 9.10. The molecule has 11 heteroatoms. The van der Waals surface area contributed by atoms with E-state index in [2.05, 4.69) is 26.2 Å². The Balaban J connectivity index is 1.44. The van der Waals surface area contributed by atoms with Gasteiger partial charge in [-0.15, -0.1) is 0 Å². The summed E-state index contributed by atoms with van der Waals surface area (Å²) in [4.78, 5) is 70.8. The Hall–Kier alpha value is -4.77. The molecule has 0 amide bonds. The third-order valence-corrected chi connectivity index (χ3v) is 9.60. The summed E-state index contributed by atoms with van der Waals surface area (Å²) < 4.78 is 0.411. The van der Waals surface area contributed by atoms with Gasteiger partial charge in [0.25, 0.3) is 5.56 Å². The van der Waals surface area contributed by atoms with E-state index in [0.29, 0.717) is 21.1 Å². The molecule has 0 radical (unpaired) electrons. The molecule has 43 heavy (non-hydrogen) atoms. The molecule has 216 valence electrons. The number of rotatable bonds is 4. The normalized spacial score (nSPS) is 20.9. The Morgan fingerprint density at radius 3 is 2.28 bits per heavy atom. The number of carbonyl (C=O) groups excluding carboxylic acids is 4. The smallest absolute Gasteiger partial charge is 0.260 e. The standard InChI is InChI=1S/C32H23BrN2O8/c1-2-3-4-5-13-10-15-18(31(43)35-13)28(40)23-14(24(15)33)8-9-32(23)29(41)21-22(30(32)42)27(39)20-19(26(21)38)17(36)11-16(25(20)37)34-12-6-7-12/h2-5,10-12,34,38-40H,6-9H2,1H3,(H,35,43)/b3-2+,5-4+/t32-/m0/s1. The summed E-state index contributed by atoms with van der Waals surface area (Å²) >= 11 is 3.53. The van der Waals surface area contributed by atoms with Crippen LogP contribution >= 0.6 is 15.9 Å². The highest BCUT2D eigenvalue weighted by atomic mass is 79.9. The lowest BCUT2D eigenvalue weighted by Gasteiger charge is -2.23. The van der Waals surface area contributed by atoms with Gasteiger partial charge in [-0.25, -0.2) is 0 Å². The van der Waals surface area contributed by atoms with Gasteiger partial charge in [0.05, 0.1) is 33.3 Å². The van der Waals surface area contributed by atoms with Crippen LogP contribution < -0.4 is 10.9 Å². The second-order valence-corrected chi connectivity index (χ2v) is 12.0. The summed E-state index contributed by atoms with van der Waals surface area (Å²) in [6.45, 7) is 1.84. The highest BCUT2D eigenvalue weighted by Crippen LogP contribution is 2.58. The first-order chi connectivity index (χ1) is 20.5. The maximum Gasteiger partial charge on any atom is 0.260 e. The predicted molar refractivity (Wildman–Crippen MR) is 159 cm³/mol. The zero-order valence-electron chi connectivity index (χ0n) is 22.6. The Morgan fingerprint density at radius 1 is 0.953 bits per heavy atom. The summed E-state index contributed by atoms with van der Waals surface area (Å²) in [5, 5.41) is 37.3. The minimum absolute atomic E-state index is 0.00383. The summed E-state index contributed by atoms with van der Waals surface area (Å²) in [5.74, 6) is -5.77. The lowest BCUT2D eigenvalue weighted by Crippen LogP contribution is -2.36. The molecule has 0 bridgehead atoms. The van der Waals surface area contributed by atoms with Gasteiger partial charge in [0.2, 0.25) is 5.78 Å². The number of allylic oxidation sites excluding steroid dienone is 5. The number of fused-ring (bicyclic) bond motifs is 5. The number of aromatic nitrogens is 1. The fourth-order valence-corrected chi connectivity index (χ4v) is 7.30. The first kappa shape index (κ1) is 27.1. The van der Waals surface area contributed by atoms with Gasteiger partial charge in [-0.3, -0.25) is 24.0 Å². The van der Waals surface area contributed by atoms with Crippen LogP contribution in [0, 0.1) is 0 Å². The topological polar surface area (TPSA) is 174 Å². The molecule has 1 fully saturated rings. The number of aromatic hydroxyl groups is 3. The van der Waals surface area contributed by atoms with Crippen LogP contribution in [0.5, 0.6) is 17.2 Å². The van der Waals surface area contributed by atoms with Crippen molar-refractivity contribution in [2.75, 3.05) is 0 Å². The number of pyridine rings is 1. The van der Waals surface area contributed by atoms with Crippen molar-refractivity contribution in [1.82, 2.24) is 10.3 Å². The molecule has 0 saturated heterocycles. The fourth-order valence-electron chi connectivity index (χ4n) is 6.59. The van der Waals surface area contributed by atoms with Crippen LogP contribution in [0.3, 0.4) is 0 Å². The number of H-pyrrole nitrogens is 1. The third kappa shape index (κ3) is 3.48. The number of nitrogens with one attached hydrogen (secondary N) is 2. The molecule has 1 spiro atoms. The Morgan fingerprint density at radius 2 is 1.63 bits per heavy atom. The van der Waals surface area contributed by atoms with Crippen molar-refractivity contribution in [1.29, 1.82) is 0 Å². The first-order valence-electron chi connectivity index (χ1n) is 13.7. The molecule has 1 aromatic heterocycles. The van der Waals surface area contributed by atoms with Gasteiger partial charge in [0.1, 0.15) is 22.7 Å². The molecule has 4 aliphatic carbocycles. The predicted octanol–water partition coefficient (Wildman–Crippen LogP) is 4.27. The zero-order valence-corrected chi connectivity index (χ0v) is 24.2. The van der Waals surface area contributed by atoms with Crippen LogP contribution in [-0.4, -0.2) is 49.5 Å². The lowest BCUT2D eigenvalue weighted by atomic mass is 9.76. The average molecular weight is 643 g/mol. The number of ketones is 4. The molecule has 7 rings (SSSR count). The number of Topliss-reactive ketones (excluding diaryl/α,β-unsaturated/α-hetero) is 3. The van der Waals surface area contributed by atoms with Crippen LogP contribution in [-0.2, 0) is 11.8 Å². The molecule has 0 unspecified atom stereocenters. The minimum atomic E-state index is -2.09. The van der Waals surface area contributed by atoms with Crippen LogP contribution in [0.1, 0.15) is 84.4 Å². The van der Waals surface area contributed by atoms with Crippen molar-refractivity contribution in [2.45, 2.75) is 44.1 Å². The van der Waals surface area contributed by atoms with E-state index in [1.165, 1.54) is 0 Å². The fraction of sp³-hybridized carbons (Fsp3) is 0.219. The van der Waals surface area contributed by atoms with Crippen LogP contribution in [0.25, 0.3) is 16.8 Å². The van der Waals surface area contributed by atoms with Crippen LogP contribution in [0.2, 0.25) is 0 Å². The maximum atomic E-state index is 14.2. The van der Waals surface area contributed by atoms with Gasteiger partial charge < -0.3 is 25.6 Å². The van der Waals surface area contributed by atoms with Crippen molar-refractivity contribution in [3.63, 3.8) is 0 Å². The van der Waals surface area contributed by atoms with Crippen molar-refractivity contribution in [3.05, 3.63) is 90.0 Å². The van der Waals surface area contributed by atoms with Gasteiger partial charge in [-0.05, 0) is 66.2 Å². The monoisotopic (exact) mass is 642 g/mol. The van der Waals surface area contributed by atoms with E-state index in [1.807, 2.05) is 13.0 Å². The molecule has 5 N–H and O–H groups in total.